The van der Waals surface area contributed by atoms with Crippen LogP contribution in [0, 0.1) is 12.7 Å². The smallest absolute Gasteiger partial charge is 0.382 e. The lowest BCUT2D eigenvalue weighted by Crippen LogP contribution is -2.41. The van der Waals surface area contributed by atoms with E-state index in [1.807, 2.05) is 19.1 Å². The molecule has 0 aliphatic rings. The first-order valence-electron chi connectivity index (χ1n) is 7.07. The van der Waals surface area contributed by atoms with Crippen molar-refractivity contribution in [3.63, 3.8) is 0 Å². The molecule has 0 bridgehead atoms. The molecule has 1 N–H and O–H groups in total. The van der Waals surface area contributed by atoms with Crippen molar-refractivity contribution in [2.24, 2.45) is 0 Å². The van der Waals surface area contributed by atoms with E-state index in [0.29, 0.717) is 0 Å². The lowest BCUT2D eigenvalue weighted by atomic mass is 10.1. The van der Waals surface area contributed by atoms with E-state index in [1.165, 1.54) is 23.1 Å². The van der Waals surface area contributed by atoms with Crippen LogP contribution >= 0.6 is 0 Å². The van der Waals surface area contributed by atoms with Gasteiger partial charge in [-0.1, -0.05) is 30.3 Å². The zero-order chi connectivity index (χ0) is 17.0. The van der Waals surface area contributed by atoms with Gasteiger partial charge in [-0.25, -0.2) is 4.39 Å². The fourth-order valence-corrected chi connectivity index (χ4v) is 2.24. The summed E-state index contributed by atoms with van der Waals surface area (Å²) in [5, 5.41) is 9.37. The third-order valence-corrected chi connectivity index (χ3v) is 3.57. The SMILES string of the molecule is Cc1ccccc1CN(C[C@@H](O)C(F)(F)F)c1cccc(F)c1. The average molecular weight is 327 g/mol. The highest BCUT2D eigenvalue weighted by molar-refractivity contribution is 5.48. The maximum absolute atomic E-state index is 13.4. The summed E-state index contributed by atoms with van der Waals surface area (Å²) >= 11 is 0. The molecule has 1 atom stereocenters. The summed E-state index contributed by atoms with van der Waals surface area (Å²) < 4.78 is 51.4. The molecule has 2 aromatic carbocycles. The predicted octanol–water partition coefficient (Wildman–Crippen LogP) is 4.06. The summed E-state index contributed by atoms with van der Waals surface area (Å²) in [4.78, 5) is 1.32. The minimum absolute atomic E-state index is 0.142. The van der Waals surface area contributed by atoms with Crippen molar-refractivity contribution < 1.29 is 22.7 Å². The molecule has 0 aliphatic heterocycles. The zero-order valence-electron chi connectivity index (χ0n) is 12.5. The number of benzene rings is 2. The van der Waals surface area contributed by atoms with Crippen LogP contribution in [-0.4, -0.2) is 23.9 Å². The number of nitrogens with zero attached hydrogens (tertiary/aromatic N) is 1. The third kappa shape index (κ3) is 4.69. The fraction of sp³-hybridized carbons (Fsp3) is 0.294. The van der Waals surface area contributed by atoms with Crippen molar-refractivity contribution in [1.82, 2.24) is 0 Å². The molecule has 0 aliphatic carbocycles. The second-order valence-corrected chi connectivity index (χ2v) is 5.34. The molecule has 2 nitrogen and oxygen atoms in total. The van der Waals surface area contributed by atoms with Crippen LogP contribution in [0.25, 0.3) is 0 Å². The van der Waals surface area contributed by atoms with Crippen LogP contribution in [0.1, 0.15) is 11.1 Å². The molecular formula is C17H17F4NO. The van der Waals surface area contributed by atoms with Crippen LogP contribution in [0.3, 0.4) is 0 Å². The number of rotatable bonds is 5. The first-order chi connectivity index (χ1) is 10.8. The first-order valence-corrected chi connectivity index (χ1v) is 7.07. The van der Waals surface area contributed by atoms with Gasteiger partial charge in [-0.3, -0.25) is 0 Å². The summed E-state index contributed by atoms with van der Waals surface area (Å²) in [6.45, 7) is 1.32. The summed E-state index contributed by atoms with van der Waals surface area (Å²) in [7, 11) is 0. The van der Waals surface area contributed by atoms with Crippen molar-refractivity contribution in [3.8, 4) is 0 Å². The van der Waals surface area contributed by atoms with Crippen molar-refractivity contribution >= 4 is 5.69 Å². The molecule has 0 saturated carbocycles. The highest BCUT2D eigenvalue weighted by Gasteiger charge is 2.39. The zero-order valence-corrected chi connectivity index (χ0v) is 12.5. The molecule has 2 rings (SSSR count). The number of anilines is 1. The van der Waals surface area contributed by atoms with Gasteiger partial charge >= 0.3 is 6.18 Å². The number of hydrogen-bond acceptors (Lipinski definition) is 2. The van der Waals surface area contributed by atoms with Crippen LogP contribution < -0.4 is 4.90 Å². The van der Waals surface area contributed by atoms with E-state index in [0.717, 1.165) is 17.2 Å². The number of alkyl halides is 3. The Bertz CT molecular complexity index is 657. The third-order valence-electron chi connectivity index (χ3n) is 3.57. The lowest BCUT2D eigenvalue weighted by Gasteiger charge is -2.29. The quantitative estimate of drug-likeness (QED) is 0.837. The van der Waals surface area contributed by atoms with Gasteiger partial charge in [0, 0.05) is 12.2 Å². The predicted molar refractivity (Wildman–Crippen MR) is 80.7 cm³/mol. The Labute approximate surface area is 132 Å². The van der Waals surface area contributed by atoms with E-state index in [1.54, 1.807) is 12.1 Å². The molecule has 124 valence electrons. The van der Waals surface area contributed by atoms with Gasteiger partial charge in [-0.2, -0.15) is 13.2 Å². The van der Waals surface area contributed by atoms with Gasteiger partial charge in [0.1, 0.15) is 5.82 Å². The van der Waals surface area contributed by atoms with Gasteiger partial charge in [0.05, 0.1) is 6.54 Å². The van der Waals surface area contributed by atoms with Crippen molar-refractivity contribution in [3.05, 3.63) is 65.5 Å². The highest BCUT2D eigenvalue weighted by Crippen LogP contribution is 2.25. The number of aryl methyl sites for hydroxylation is 1. The van der Waals surface area contributed by atoms with Crippen LogP contribution in [-0.2, 0) is 6.54 Å². The van der Waals surface area contributed by atoms with E-state index >= 15 is 0 Å². The first kappa shape index (κ1) is 17.3. The molecule has 0 heterocycles. The molecule has 0 unspecified atom stereocenters. The minimum atomic E-state index is -4.72. The summed E-state index contributed by atoms with van der Waals surface area (Å²) in [6, 6.07) is 12.6. The molecule has 0 radical (unpaired) electrons. The molecule has 23 heavy (non-hydrogen) atoms. The van der Waals surface area contributed by atoms with E-state index in [9.17, 15) is 22.7 Å². The monoisotopic (exact) mass is 327 g/mol. The second-order valence-electron chi connectivity index (χ2n) is 5.34. The normalized spacial score (nSPS) is 13.0. The number of halogens is 4. The Kier molecular flexibility index (Phi) is 5.26. The highest BCUT2D eigenvalue weighted by atomic mass is 19.4. The average Bonchev–Trinajstić information content (AvgIpc) is 2.47. The van der Waals surface area contributed by atoms with E-state index in [-0.39, 0.29) is 12.2 Å². The molecule has 0 saturated heterocycles. The lowest BCUT2D eigenvalue weighted by molar-refractivity contribution is -0.200. The number of aliphatic hydroxyl groups is 1. The Balaban J connectivity index is 2.30. The largest absolute Gasteiger partial charge is 0.416 e. The second kappa shape index (κ2) is 7.00. The van der Waals surface area contributed by atoms with Crippen molar-refractivity contribution in [2.75, 3.05) is 11.4 Å². The van der Waals surface area contributed by atoms with Crippen LogP contribution in [0.5, 0.6) is 0 Å². The van der Waals surface area contributed by atoms with Gasteiger partial charge in [-0.15, -0.1) is 0 Å². The van der Waals surface area contributed by atoms with E-state index in [4.69, 9.17) is 0 Å². The van der Waals surface area contributed by atoms with E-state index < -0.39 is 24.6 Å². The molecule has 2 aromatic rings. The van der Waals surface area contributed by atoms with Crippen molar-refractivity contribution in [1.29, 1.82) is 0 Å². The molecule has 0 aromatic heterocycles. The molecular weight excluding hydrogens is 310 g/mol. The Morgan fingerprint density at radius 3 is 2.39 bits per heavy atom. The van der Waals surface area contributed by atoms with Crippen LogP contribution in [0.4, 0.5) is 23.2 Å². The molecule has 0 amide bonds. The molecule has 6 heteroatoms. The summed E-state index contributed by atoms with van der Waals surface area (Å²) in [6.07, 6.45) is -7.23. The Morgan fingerprint density at radius 1 is 1.09 bits per heavy atom. The minimum Gasteiger partial charge on any atom is -0.382 e. The maximum atomic E-state index is 13.4. The van der Waals surface area contributed by atoms with Gasteiger partial charge in [0.2, 0.25) is 0 Å². The van der Waals surface area contributed by atoms with Gasteiger partial charge in [0.15, 0.2) is 6.10 Å². The Hall–Kier alpha value is -2.08. The number of aliphatic hydroxyl groups excluding tert-OH is 1. The summed E-state index contributed by atoms with van der Waals surface area (Å²) in [5.74, 6) is -0.543. The summed E-state index contributed by atoms with van der Waals surface area (Å²) in [5.41, 5.74) is 2.01. The molecule has 0 fully saturated rings. The topological polar surface area (TPSA) is 23.5 Å². The standard InChI is InChI=1S/C17H17F4NO/c1-12-5-2-3-6-13(12)10-22(11-16(23)17(19,20)21)15-8-4-7-14(18)9-15/h2-9,16,23H,10-11H2,1H3/t16-/m1/s1. The molecule has 0 spiro atoms. The fourth-order valence-electron chi connectivity index (χ4n) is 2.24. The van der Waals surface area contributed by atoms with E-state index in [2.05, 4.69) is 0 Å². The van der Waals surface area contributed by atoms with Gasteiger partial charge < -0.3 is 10.0 Å². The Morgan fingerprint density at radius 2 is 1.78 bits per heavy atom. The van der Waals surface area contributed by atoms with Crippen LogP contribution in [0.15, 0.2) is 48.5 Å². The van der Waals surface area contributed by atoms with Crippen LogP contribution in [0.2, 0.25) is 0 Å². The maximum Gasteiger partial charge on any atom is 0.416 e. The van der Waals surface area contributed by atoms with Gasteiger partial charge in [0.25, 0.3) is 0 Å². The van der Waals surface area contributed by atoms with Crippen molar-refractivity contribution in [2.45, 2.75) is 25.7 Å². The number of hydrogen-bond donors (Lipinski definition) is 1. The van der Waals surface area contributed by atoms with Gasteiger partial charge in [-0.05, 0) is 36.2 Å².